The van der Waals surface area contributed by atoms with Gasteiger partial charge in [0, 0.05) is 24.0 Å². The van der Waals surface area contributed by atoms with Crippen LogP contribution in [0.1, 0.15) is 29.8 Å². The van der Waals surface area contributed by atoms with Gasteiger partial charge in [0.2, 0.25) is 0 Å². The zero-order valence-electron chi connectivity index (χ0n) is 12.7. The predicted molar refractivity (Wildman–Crippen MR) is 92.1 cm³/mol. The van der Waals surface area contributed by atoms with Gasteiger partial charge in [-0.1, -0.05) is 46.6 Å². The lowest BCUT2D eigenvalue weighted by Gasteiger charge is -2.18. The lowest BCUT2D eigenvalue weighted by molar-refractivity contribution is 0.570. The molecule has 0 aliphatic carbocycles. The number of benzene rings is 1. The molecular weight excluding hydrogens is 350 g/mol. The number of aromatic nitrogens is 2. The summed E-state index contributed by atoms with van der Waals surface area (Å²) in [5, 5.41) is 8.64. The van der Waals surface area contributed by atoms with Crippen molar-refractivity contribution < 1.29 is 0 Å². The number of nitrogens with zero attached hydrogens (tertiary/aromatic N) is 2. The first-order chi connectivity index (χ1) is 10.0. The van der Waals surface area contributed by atoms with Crippen LogP contribution < -0.4 is 5.32 Å². The van der Waals surface area contributed by atoms with Crippen molar-refractivity contribution in [2.45, 2.75) is 26.2 Å². The zero-order chi connectivity index (χ0) is 15.4. The average molecular weight is 371 g/mol. The Labute approximate surface area is 139 Å². The standard InChI is InChI=1S/C16H21BrClN3/c1-4-19-10-13(12-6-5-7-14(17)8-12)9-15-16(18)11(2)20-21(15)3/h5-8,13,19H,4,9-10H2,1-3H3. The van der Waals surface area contributed by atoms with Crippen molar-refractivity contribution in [1.29, 1.82) is 0 Å². The number of nitrogens with one attached hydrogen (secondary N) is 1. The van der Waals surface area contributed by atoms with E-state index in [-0.39, 0.29) is 0 Å². The van der Waals surface area contributed by atoms with Crippen molar-refractivity contribution in [1.82, 2.24) is 15.1 Å². The van der Waals surface area contributed by atoms with Gasteiger partial charge in [0.15, 0.2) is 0 Å². The molecule has 0 amide bonds. The number of hydrogen-bond donors (Lipinski definition) is 1. The Bertz CT molecular complexity index is 610. The molecule has 2 aromatic rings. The molecular formula is C16H21BrClN3. The van der Waals surface area contributed by atoms with E-state index in [1.807, 2.05) is 18.7 Å². The Morgan fingerprint density at radius 3 is 2.76 bits per heavy atom. The van der Waals surface area contributed by atoms with Gasteiger partial charge in [-0.3, -0.25) is 4.68 Å². The van der Waals surface area contributed by atoms with Crippen molar-refractivity contribution in [3.8, 4) is 0 Å². The molecule has 21 heavy (non-hydrogen) atoms. The number of aryl methyl sites for hydroxylation is 2. The minimum absolute atomic E-state index is 0.370. The van der Waals surface area contributed by atoms with E-state index in [1.165, 1.54) is 5.56 Å². The molecule has 0 radical (unpaired) electrons. The molecule has 0 aliphatic heterocycles. The number of hydrogen-bond acceptors (Lipinski definition) is 2. The highest BCUT2D eigenvalue weighted by molar-refractivity contribution is 9.10. The van der Waals surface area contributed by atoms with Gasteiger partial charge in [-0.25, -0.2) is 0 Å². The molecule has 5 heteroatoms. The maximum Gasteiger partial charge on any atom is 0.0847 e. The lowest BCUT2D eigenvalue weighted by atomic mass is 9.94. The van der Waals surface area contributed by atoms with Crippen LogP contribution in [-0.2, 0) is 13.5 Å². The predicted octanol–water partition coefficient (Wildman–Crippen LogP) is 4.08. The van der Waals surface area contributed by atoms with Crippen LogP contribution in [0.3, 0.4) is 0 Å². The van der Waals surface area contributed by atoms with E-state index in [9.17, 15) is 0 Å². The minimum Gasteiger partial charge on any atom is -0.316 e. The third-order valence-electron chi connectivity index (χ3n) is 3.66. The van der Waals surface area contributed by atoms with E-state index in [0.717, 1.165) is 40.4 Å². The fourth-order valence-corrected chi connectivity index (χ4v) is 3.18. The lowest BCUT2D eigenvalue weighted by Crippen LogP contribution is -2.23. The first kappa shape index (κ1) is 16.5. The SMILES string of the molecule is CCNCC(Cc1c(Cl)c(C)nn1C)c1cccc(Br)c1. The molecule has 0 bridgehead atoms. The smallest absolute Gasteiger partial charge is 0.0847 e. The van der Waals surface area contributed by atoms with Crippen molar-refractivity contribution >= 4 is 27.5 Å². The average Bonchev–Trinajstić information content (AvgIpc) is 2.69. The molecule has 0 aliphatic rings. The second-order valence-electron chi connectivity index (χ2n) is 5.23. The zero-order valence-corrected chi connectivity index (χ0v) is 15.0. The molecule has 2 rings (SSSR count). The summed E-state index contributed by atoms with van der Waals surface area (Å²) in [7, 11) is 1.96. The van der Waals surface area contributed by atoms with Crippen LogP contribution in [0.2, 0.25) is 5.02 Å². The van der Waals surface area contributed by atoms with E-state index in [1.54, 1.807) is 0 Å². The summed E-state index contributed by atoms with van der Waals surface area (Å²) in [6.45, 7) is 5.96. The first-order valence-corrected chi connectivity index (χ1v) is 8.34. The van der Waals surface area contributed by atoms with Gasteiger partial charge in [0.05, 0.1) is 16.4 Å². The van der Waals surface area contributed by atoms with Crippen LogP contribution >= 0.6 is 27.5 Å². The Kier molecular flexibility index (Phi) is 5.85. The highest BCUT2D eigenvalue weighted by atomic mass is 79.9. The molecule has 1 N–H and O–H groups in total. The third-order valence-corrected chi connectivity index (χ3v) is 4.65. The van der Waals surface area contributed by atoms with Crippen molar-refractivity contribution in [3.05, 3.63) is 50.7 Å². The van der Waals surface area contributed by atoms with Crippen molar-refractivity contribution in [2.75, 3.05) is 13.1 Å². The van der Waals surface area contributed by atoms with Gasteiger partial charge in [0.25, 0.3) is 0 Å². The van der Waals surface area contributed by atoms with Gasteiger partial charge in [0.1, 0.15) is 0 Å². The monoisotopic (exact) mass is 369 g/mol. The Morgan fingerprint density at radius 1 is 1.43 bits per heavy atom. The van der Waals surface area contributed by atoms with Gasteiger partial charge in [-0.05, 0) is 37.6 Å². The summed E-state index contributed by atoms with van der Waals surface area (Å²) in [5.41, 5.74) is 3.29. The fraction of sp³-hybridized carbons (Fsp3) is 0.438. The molecule has 1 aromatic heterocycles. The van der Waals surface area contributed by atoms with Crippen LogP contribution in [0.4, 0.5) is 0 Å². The number of likely N-dealkylation sites (N-methyl/N-ethyl adjacent to an activating group) is 1. The maximum absolute atomic E-state index is 6.40. The summed E-state index contributed by atoms with van der Waals surface area (Å²) in [5.74, 6) is 0.370. The van der Waals surface area contributed by atoms with E-state index in [0.29, 0.717) is 5.92 Å². The quantitative estimate of drug-likeness (QED) is 0.830. The summed E-state index contributed by atoms with van der Waals surface area (Å²) in [6.07, 6.45) is 0.875. The molecule has 3 nitrogen and oxygen atoms in total. The van der Waals surface area contributed by atoms with E-state index in [4.69, 9.17) is 11.6 Å². The highest BCUT2D eigenvalue weighted by Gasteiger charge is 2.18. The second-order valence-corrected chi connectivity index (χ2v) is 6.53. The number of halogens is 2. The number of rotatable bonds is 6. The highest BCUT2D eigenvalue weighted by Crippen LogP contribution is 2.28. The molecule has 114 valence electrons. The van der Waals surface area contributed by atoms with E-state index in [2.05, 4.69) is 57.5 Å². The summed E-state index contributed by atoms with van der Waals surface area (Å²) in [4.78, 5) is 0. The molecule has 1 unspecified atom stereocenters. The largest absolute Gasteiger partial charge is 0.316 e. The molecule has 1 heterocycles. The molecule has 1 atom stereocenters. The van der Waals surface area contributed by atoms with Crippen LogP contribution in [-0.4, -0.2) is 22.9 Å². The van der Waals surface area contributed by atoms with Crippen LogP contribution in [0, 0.1) is 6.92 Å². The Hall–Kier alpha value is -0.840. The van der Waals surface area contributed by atoms with Crippen LogP contribution in [0.25, 0.3) is 0 Å². The summed E-state index contributed by atoms with van der Waals surface area (Å²) >= 11 is 9.95. The maximum atomic E-state index is 6.40. The molecule has 1 aromatic carbocycles. The molecule has 0 fully saturated rings. The topological polar surface area (TPSA) is 29.9 Å². The Morgan fingerprint density at radius 2 is 2.19 bits per heavy atom. The summed E-state index contributed by atoms with van der Waals surface area (Å²) < 4.78 is 3.00. The van der Waals surface area contributed by atoms with Gasteiger partial charge >= 0.3 is 0 Å². The Balaban J connectivity index is 2.28. The molecule has 0 saturated heterocycles. The summed E-state index contributed by atoms with van der Waals surface area (Å²) in [6, 6.07) is 8.48. The second kappa shape index (κ2) is 7.43. The van der Waals surface area contributed by atoms with Crippen molar-refractivity contribution in [3.63, 3.8) is 0 Å². The fourth-order valence-electron chi connectivity index (χ4n) is 2.52. The van der Waals surface area contributed by atoms with E-state index < -0.39 is 0 Å². The van der Waals surface area contributed by atoms with Crippen molar-refractivity contribution in [2.24, 2.45) is 7.05 Å². The third kappa shape index (κ3) is 4.09. The van der Waals surface area contributed by atoms with Crippen LogP contribution in [0.15, 0.2) is 28.7 Å². The van der Waals surface area contributed by atoms with Crippen LogP contribution in [0.5, 0.6) is 0 Å². The normalized spacial score (nSPS) is 12.6. The minimum atomic E-state index is 0.370. The molecule has 0 saturated carbocycles. The van der Waals surface area contributed by atoms with Gasteiger partial charge < -0.3 is 5.32 Å². The van der Waals surface area contributed by atoms with E-state index >= 15 is 0 Å². The van der Waals surface area contributed by atoms with Gasteiger partial charge in [-0.15, -0.1) is 0 Å². The molecule has 0 spiro atoms. The first-order valence-electron chi connectivity index (χ1n) is 7.17. The van der Waals surface area contributed by atoms with Gasteiger partial charge in [-0.2, -0.15) is 5.10 Å².